The van der Waals surface area contributed by atoms with Crippen molar-refractivity contribution in [3.05, 3.63) is 29.8 Å². The molecule has 0 bridgehead atoms. The number of benzene rings is 1. The summed E-state index contributed by atoms with van der Waals surface area (Å²) in [5, 5.41) is 0. The molecule has 0 aromatic heterocycles. The molecule has 0 spiro atoms. The van der Waals surface area contributed by atoms with Gasteiger partial charge in [-0.1, -0.05) is 18.2 Å². The van der Waals surface area contributed by atoms with Crippen LogP contribution in [0, 0.1) is 5.41 Å². The lowest BCUT2D eigenvalue weighted by molar-refractivity contribution is 0.000272. The standard InChI is InChI=1S/C17H26N2O/c1-14-7-8-15-5-2-3-6-16(15)19(14)12-17(11-18)9-4-10-20-13-17/h2-3,5-6,14H,4,7-13,18H2,1H3. The Bertz CT molecular complexity index is 454. The fraction of sp³-hybridized carbons (Fsp3) is 0.647. The molecule has 110 valence electrons. The molecule has 1 aromatic carbocycles. The van der Waals surface area contributed by atoms with Crippen molar-refractivity contribution in [2.75, 3.05) is 31.2 Å². The van der Waals surface area contributed by atoms with Gasteiger partial charge in [-0.2, -0.15) is 0 Å². The van der Waals surface area contributed by atoms with Crippen LogP contribution in [0.5, 0.6) is 0 Å². The lowest BCUT2D eigenvalue weighted by atomic mass is 9.80. The van der Waals surface area contributed by atoms with Gasteiger partial charge in [-0.05, 0) is 44.2 Å². The van der Waals surface area contributed by atoms with Crippen molar-refractivity contribution in [1.82, 2.24) is 0 Å². The number of nitrogens with two attached hydrogens (primary N) is 1. The highest BCUT2D eigenvalue weighted by Crippen LogP contribution is 2.36. The van der Waals surface area contributed by atoms with Crippen LogP contribution in [0.15, 0.2) is 24.3 Å². The van der Waals surface area contributed by atoms with Crippen LogP contribution in [-0.2, 0) is 11.2 Å². The maximum absolute atomic E-state index is 6.11. The van der Waals surface area contributed by atoms with Gasteiger partial charge in [0.2, 0.25) is 0 Å². The minimum Gasteiger partial charge on any atom is -0.381 e. The lowest BCUT2D eigenvalue weighted by Crippen LogP contribution is -2.51. The van der Waals surface area contributed by atoms with Gasteiger partial charge in [-0.3, -0.25) is 0 Å². The van der Waals surface area contributed by atoms with Crippen molar-refractivity contribution in [2.24, 2.45) is 11.1 Å². The van der Waals surface area contributed by atoms with E-state index in [2.05, 4.69) is 36.1 Å². The van der Waals surface area contributed by atoms with Gasteiger partial charge in [0.15, 0.2) is 0 Å². The van der Waals surface area contributed by atoms with Crippen LogP contribution in [0.25, 0.3) is 0 Å². The lowest BCUT2D eigenvalue weighted by Gasteiger charge is -2.45. The Balaban J connectivity index is 1.85. The Morgan fingerprint density at radius 1 is 1.40 bits per heavy atom. The van der Waals surface area contributed by atoms with E-state index in [9.17, 15) is 0 Å². The summed E-state index contributed by atoms with van der Waals surface area (Å²) >= 11 is 0. The van der Waals surface area contributed by atoms with E-state index < -0.39 is 0 Å². The van der Waals surface area contributed by atoms with Crippen molar-refractivity contribution in [1.29, 1.82) is 0 Å². The van der Waals surface area contributed by atoms with Crippen LogP contribution in [0.1, 0.15) is 31.7 Å². The monoisotopic (exact) mass is 274 g/mol. The van der Waals surface area contributed by atoms with E-state index >= 15 is 0 Å². The highest BCUT2D eigenvalue weighted by molar-refractivity contribution is 5.56. The summed E-state index contributed by atoms with van der Waals surface area (Å²) < 4.78 is 5.73. The number of hydrogen-bond donors (Lipinski definition) is 1. The molecule has 2 aliphatic heterocycles. The molecule has 1 saturated heterocycles. The third-order valence-electron chi connectivity index (χ3n) is 5.01. The average Bonchev–Trinajstić information content (AvgIpc) is 2.51. The first-order valence-corrected chi connectivity index (χ1v) is 7.86. The van der Waals surface area contributed by atoms with Gasteiger partial charge < -0.3 is 15.4 Å². The molecule has 2 atom stereocenters. The zero-order valence-electron chi connectivity index (χ0n) is 12.5. The Hall–Kier alpha value is -1.06. The first kappa shape index (κ1) is 13.9. The minimum atomic E-state index is 0.136. The second-order valence-corrected chi connectivity index (χ2v) is 6.50. The first-order valence-electron chi connectivity index (χ1n) is 7.86. The Morgan fingerprint density at radius 2 is 2.25 bits per heavy atom. The molecular weight excluding hydrogens is 248 g/mol. The predicted octanol–water partition coefficient (Wildman–Crippen LogP) is 2.58. The summed E-state index contributed by atoms with van der Waals surface area (Å²) in [7, 11) is 0. The smallest absolute Gasteiger partial charge is 0.0551 e. The SMILES string of the molecule is CC1CCc2ccccc2N1CC1(CN)CCCOC1. The average molecular weight is 274 g/mol. The molecule has 2 aliphatic rings. The summed E-state index contributed by atoms with van der Waals surface area (Å²) in [4.78, 5) is 2.57. The molecule has 1 aromatic rings. The van der Waals surface area contributed by atoms with Crippen LogP contribution in [-0.4, -0.2) is 32.3 Å². The quantitative estimate of drug-likeness (QED) is 0.920. The normalized spacial score (nSPS) is 30.1. The first-order chi connectivity index (χ1) is 9.74. The van der Waals surface area contributed by atoms with Crippen LogP contribution in [0.3, 0.4) is 0 Å². The fourth-order valence-electron chi connectivity index (χ4n) is 3.62. The predicted molar refractivity (Wildman–Crippen MR) is 83.1 cm³/mol. The van der Waals surface area contributed by atoms with Gasteiger partial charge in [0.05, 0.1) is 6.61 Å². The van der Waals surface area contributed by atoms with E-state index in [0.29, 0.717) is 6.04 Å². The Labute approximate surface area is 122 Å². The largest absolute Gasteiger partial charge is 0.381 e. The molecule has 0 radical (unpaired) electrons. The van der Waals surface area contributed by atoms with Crippen molar-refractivity contribution in [2.45, 2.75) is 38.6 Å². The second-order valence-electron chi connectivity index (χ2n) is 6.50. The number of para-hydroxylation sites is 1. The van der Waals surface area contributed by atoms with Gasteiger partial charge >= 0.3 is 0 Å². The zero-order valence-corrected chi connectivity index (χ0v) is 12.5. The van der Waals surface area contributed by atoms with Crippen LogP contribution in [0.2, 0.25) is 0 Å². The van der Waals surface area contributed by atoms with E-state index in [1.54, 1.807) is 0 Å². The highest BCUT2D eigenvalue weighted by atomic mass is 16.5. The maximum Gasteiger partial charge on any atom is 0.0551 e. The molecule has 2 N–H and O–H groups in total. The summed E-state index contributed by atoms with van der Waals surface area (Å²) in [6.07, 6.45) is 4.76. The Morgan fingerprint density at radius 3 is 3.00 bits per heavy atom. The fourth-order valence-corrected chi connectivity index (χ4v) is 3.62. The van der Waals surface area contributed by atoms with Crippen LogP contribution in [0.4, 0.5) is 5.69 Å². The molecular formula is C17H26N2O. The molecule has 3 rings (SSSR count). The number of ether oxygens (including phenoxy) is 1. The number of rotatable bonds is 3. The number of hydrogen-bond acceptors (Lipinski definition) is 3. The molecule has 0 aliphatic carbocycles. The molecule has 3 heteroatoms. The van der Waals surface area contributed by atoms with Gasteiger partial charge in [0, 0.05) is 36.8 Å². The van der Waals surface area contributed by atoms with Gasteiger partial charge in [0.1, 0.15) is 0 Å². The summed E-state index contributed by atoms with van der Waals surface area (Å²) in [5.74, 6) is 0. The van der Waals surface area contributed by atoms with E-state index in [-0.39, 0.29) is 5.41 Å². The topological polar surface area (TPSA) is 38.5 Å². The third kappa shape index (κ3) is 2.57. The molecule has 2 heterocycles. The number of fused-ring (bicyclic) bond motifs is 1. The van der Waals surface area contributed by atoms with E-state index in [0.717, 1.165) is 32.7 Å². The maximum atomic E-state index is 6.11. The summed E-state index contributed by atoms with van der Waals surface area (Å²) in [6, 6.07) is 9.42. The Kier molecular flexibility index (Phi) is 3.99. The molecule has 0 amide bonds. The van der Waals surface area contributed by atoms with Crippen molar-refractivity contribution >= 4 is 5.69 Å². The zero-order chi connectivity index (χ0) is 14.0. The van der Waals surface area contributed by atoms with E-state index in [1.165, 1.54) is 30.5 Å². The number of aryl methyl sites for hydroxylation is 1. The summed E-state index contributed by atoms with van der Waals surface area (Å²) in [5.41, 5.74) is 9.14. The number of anilines is 1. The van der Waals surface area contributed by atoms with Crippen LogP contribution < -0.4 is 10.6 Å². The molecule has 0 saturated carbocycles. The third-order valence-corrected chi connectivity index (χ3v) is 5.01. The molecule has 20 heavy (non-hydrogen) atoms. The van der Waals surface area contributed by atoms with Crippen molar-refractivity contribution in [3.8, 4) is 0 Å². The van der Waals surface area contributed by atoms with E-state index in [4.69, 9.17) is 10.5 Å². The molecule has 1 fully saturated rings. The second kappa shape index (κ2) is 5.74. The van der Waals surface area contributed by atoms with Crippen molar-refractivity contribution in [3.63, 3.8) is 0 Å². The minimum absolute atomic E-state index is 0.136. The molecule has 3 nitrogen and oxygen atoms in total. The van der Waals surface area contributed by atoms with Crippen LogP contribution >= 0.6 is 0 Å². The number of nitrogens with zero attached hydrogens (tertiary/aromatic N) is 1. The van der Waals surface area contributed by atoms with Gasteiger partial charge in [-0.15, -0.1) is 0 Å². The highest BCUT2D eigenvalue weighted by Gasteiger charge is 2.36. The molecule has 2 unspecified atom stereocenters. The van der Waals surface area contributed by atoms with Crippen molar-refractivity contribution < 1.29 is 4.74 Å². The van der Waals surface area contributed by atoms with E-state index in [1.807, 2.05) is 0 Å². The van der Waals surface area contributed by atoms with Gasteiger partial charge in [0.25, 0.3) is 0 Å². The summed E-state index contributed by atoms with van der Waals surface area (Å²) in [6.45, 7) is 5.80. The van der Waals surface area contributed by atoms with Gasteiger partial charge in [-0.25, -0.2) is 0 Å².